The van der Waals surface area contributed by atoms with Crippen LogP contribution in [0.2, 0.25) is 0 Å². The molecule has 3 aromatic rings. The fourth-order valence-electron chi connectivity index (χ4n) is 2.04. The molecular weight excluding hydrogens is 349 g/mol. The lowest BCUT2D eigenvalue weighted by Gasteiger charge is -2.04. The van der Waals surface area contributed by atoms with Gasteiger partial charge in [-0.15, -0.1) is 0 Å². The van der Waals surface area contributed by atoms with E-state index in [0.29, 0.717) is 11.3 Å². The highest BCUT2D eigenvalue weighted by Crippen LogP contribution is 2.19. The third-order valence-electron chi connectivity index (χ3n) is 3.00. The smallest absolute Gasteiger partial charge is 0.211 e. The lowest BCUT2D eigenvalue weighted by Crippen LogP contribution is -2.04. The zero-order valence-electron chi connectivity index (χ0n) is 10.0. The van der Waals surface area contributed by atoms with Crippen molar-refractivity contribution in [1.82, 2.24) is 4.98 Å². The largest absolute Gasteiger partial charge is 0.287 e. The van der Waals surface area contributed by atoms with Gasteiger partial charge in [0.2, 0.25) is 5.78 Å². The van der Waals surface area contributed by atoms with Crippen LogP contribution < -0.4 is 0 Å². The molecule has 0 bridgehead atoms. The number of hydrogen-bond donors (Lipinski definition) is 0. The van der Waals surface area contributed by atoms with E-state index in [1.165, 1.54) is 0 Å². The molecule has 3 rings (SSSR count). The lowest BCUT2D eigenvalue weighted by atomic mass is 10.0. The third-order valence-corrected chi connectivity index (χ3v) is 3.71. The Morgan fingerprint density at radius 2 is 1.68 bits per heavy atom. The first kappa shape index (κ1) is 12.3. The highest BCUT2D eigenvalue weighted by atomic mass is 127. The molecule has 0 N–H and O–H groups in total. The van der Waals surface area contributed by atoms with E-state index < -0.39 is 0 Å². The number of aromatic nitrogens is 1. The Morgan fingerprint density at radius 3 is 2.47 bits per heavy atom. The predicted octanol–water partition coefficient (Wildman–Crippen LogP) is 4.07. The van der Waals surface area contributed by atoms with E-state index in [1.54, 1.807) is 6.20 Å². The van der Waals surface area contributed by atoms with Gasteiger partial charge in [0.15, 0.2) is 0 Å². The molecule has 0 saturated heterocycles. The molecule has 0 unspecified atom stereocenters. The van der Waals surface area contributed by atoms with Gasteiger partial charge in [-0.05, 0) is 58.3 Å². The van der Waals surface area contributed by atoms with Crippen LogP contribution in [0.5, 0.6) is 0 Å². The number of fused-ring (bicyclic) bond motifs is 1. The van der Waals surface area contributed by atoms with Crippen LogP contribution in [-0.4, -0.2) is 10.8 Å². The van der Waals surface area contributed by atoms with Crippen LogP contribution in [0.1, 0.15) is 16.1 Å². The van der Waals surface area contributed by atoms with Gasteiger partial charge in [0.25, 0.3) is 0 Å². The maximum absolute atomic E-state index is 12.5. The van der Waals surface area contributed by atoms with Gasteiger partial charge in [-0.3, -0.25) is 9.78 Å². The summed E-state index contributed by atoms with van der Waals surface area (Å²) in [5.41, 5.74) is 1.18. The number of pyridine rings is 1. The summed E-state index contributed by atoms with van der Waals surface area (Å²) >= 11 is 2.22. The average molecular weight is 359 g/mol. The molecule has 0 radical (unpaired) electrons. The van der Waals surface area contributed by atoms with Crippen molar-refractivity contribution in [3.05, 3.63) is 75.6 Å². The van der Waals surface area contributed by atoms with E-state index in [2.05, 4.69) is 27.6 Å². The monoisotopic (exact) mass is 359 g/mol. The quantitative estimate of drug-likeness (QED) is 0.510. The van der Waals surface area contributed by atoms with Crippen molar-refractivity contribution in [3.8, 4) is 0 Å². The Morgan fingerprint density at radius 1 is 0.947 bits per heavy atom. The summed E-state index contributed by atoms with van der Waals surface area (Å²) in [6.07, 6.45) is 1.68. The molecule has 0 aliphatic rings. The van der Waals surface area contributed by atoms with Gasteiger partial charge in [-0.1, -0.05) is 24.3 Å². The number of carbonyl (C=O) groups is 1. The van der Waals surface area contributed by atoms with Gasteiger partial charge in [-0.2, -0.15) is 0 Å². The minimum atomic E-state index is -0.0341. The zero-order chi connectivity index (χ0) is 13.2. The molecule has 92 valence electrons. The van der Waals surface area contributed by atoms with E-state index in [9.17, 15) is 4.79 Å². The molecule has 0 saturated carbocycles. The van der Waals surface area contributed by atoms with Gasteiger partial charge in [0, 0.05) is 20.7 Å². The second-order valence-electron chi connectivity index (χ2n) is 4.22. The molecule has 1 aromatic heterocycles. The molecule has 0 aliphatic carbocycles. The zero-order valence-corrected chi connectivity index (χ0v) is 12.2. The van der Waals surface area contributed by atoms with E-state index in [-0.39, 0.29) is 5.78 Å². The van der Waals surface area contributed by atoms with Crippen molar-refractivity contribution in [3.63, 3.8) is 0 Å². The number of hydrogen-bond acceptors (Lipinski definition) is 2. The van der Waals surface area contributed by atoms with Crippen LogP contribution in [-0.2, 0) is 0 Å². The maximum Gasteiger partial charge on any atom is 0.211 e. The Bertz CT molecular complexity index is 745. The van der Waals surface area contributed by atoms with Crippen molar-refractivity contribution in [2.75, 3.05) is 0 Å². The van der Waals surface area contributed by atoms with Crippen LogP contribution in [0.3, 0.4) is 0 Å². The Hall–Kier alpha value is -1.75. The second kappa shape index (κ2) is 5.09. The number of rotatable bonds is 2. The minimum absolute atomic E-state index is 0.0341. The number of carbonyl (C=O) groups excluding carboxylic acids is 1. The van der Waals surface area contributed by atoms with Gasteiger partial charge in [-0.25, -0.2) is 0 Å². The summed E-state index contributed by atoms with van der Waals surface area (Å²) in [6.45, 7) is 0. The van der Waals surface area contributed by atoms with Crippen molar-refractivity contribution >= 4 is 39.1 Å². The fraction of sp³-hybridized carbons (Fsp3) is 0. The summed E-state index contributed by atoms with van der Waals surface area (Å²) in [4.78, 5) is 16.8. The molecule has 0 spiro atoms. The van der Waals surface area contributed by atoms with Crippen LogP contribution in [0.4, 0.5) is 0 Å². The number of nitrogens with zero attached hydrogens (tertiary/aromatic N) is 1. The van der Waals surface area contributed by atoms with Crippen LogP contribution in [0.25, 0.3) is 10.8 Å². The van der Waals surface area contributed by atoms with Gasteiger partial charge < -0.3 is 0 Å². The fourth-order valence-corrected chi connectivity index (χ4v) is 2.40. The average Bonchev–Trinajstić information content (AvgIpc) is 2.47. The number of benzene rings is 2. The SMILES string of the molecule is O=C(c1ccc(I)cc1)c1nccc2ccccc12. The molecule has 0 fully saturated rings. The van der Waals surface area contributed by atoms with Crippen LogP contribution in [0.15, 0.2) is 60.8 Å². The third kappa shape index (κ3) is 2.38. The first-order chi connectivity index (χ1) is 9.25. The minimum Gasteiger partial charge on any atom is -0.287 e. The second-order valence-corrected chi connectivity index (χ2v) is 5.46. The first-order valence-electron chi connectivity index (χ1n) is 5.90. The molecule has 1 heterocycles. The molecule has 2 nitrogen and oxygen atoms in total. The van der Waals surface area contributed by atoms with Gasteiger partial charge >= 0.3 is 0 Å². The predicted molar refractivity (Wildman–Crippen MR) is 84.3 cm³/mol. The lowest BCUT2D eigenvalue weighted by molar-refractivity contribution is 0.103. The van der Waals surface area contributed by atoms with Crippen molar-refractivity contribution < 1.29 is 4.79 Å². The van der Waals surface area contributed by atoms with Crippen molar-refractivity contribution in [2.24, 2.45) is 0 Å². The summed E-state index contributed by atoms with van der Waals surface area (Å²) in [6, 6.07) is 17.3. The Kier molecular flexibility index (Phi) is 3.29. The van der Waals surface area contributed by atoms with Gasteiger partial charge in [0.05, 0.1) is 0 Å². The van der Waals surface area contributed by atoms with Crippen LogP contribution >= 0.6 is 22.6 Å². The molecule has 0 atom stereocenters. The van der Waals surface area contributed by atoms with E-state index >= 15 is 0 Å². The molecular formula is C16H10INO. The Labute approximate surface area is 124 Å². The van der Waals surface area contributed by atoms with E-state index in [4.69, 9.17) is 0 Å². The molecule has 0 amide bonds. The maximum atomic E-state index is 12.5. The summed E-state index contributed by atoms with van der Waals surface area (Å²) in [7, 11) is 0. The molecule has 2 aromatic carbocycles. The highest BCUT2D eigenvalue weighted by molar-refractivity contribution is 14.1. The van der Waals surface area contributed by atoms with Crippen LogP contribution in [0, 0.1) is 3.57 Å². The highest BCUT2D eigenvalue weighted by Gasteiger charge is 2.13. The van der Waals surface area contributed by atoms with E-state index in [0.717, 1.165) is 14.3 Å². The number of ketones is 1. The molecule has 0 aliphatic heterocycles. The summed E-state index contributed by atoms with van der Waals surface area (Å²) in [5.74, 6) is -0.0341. The van der Waals surface area contributed by atoms with E-state index in [1.807, 2.05) is 54.6 Å². The topological polar surface area (TPSA) is 30.0 Å². The van der Waals surface area contributed by atoms with Crippen molar-refractivity contribution in [1.29, 1.82) is 0 Å². The van der Waals surface area contributed by atoms with Gasteiger partial charge in [0.1, 0.15) is 5.69 Å². The summed E-state index contributed by atoms with van der Waals surface area (Å²) < 4.78 is 1.11. The summed E-state index contributed by atoms with van der Waals surface area (Å²) in [5, 5.41) is 1.93. The molecule has 19 heavy (non-hydrogen) atoms. The normalized spacial score (nSPS) is 10.6. The Balaban J connectivity index is 2.14. The number of halogens is 1. The van der Waals surface area contributed by atoms with Crippen molar-refractivity contribution in [2.45, 2.75) is 0 Å². The standard InChI is InChI=1S/C16H10INO/c17-13-7-5-12(6-8-13)16(19)15-14-4-2-1-3-11(14)9-10-18-15/h1-10H. The first-order valence-corrected chi connectivity index (χ1v) is 6.97. The molecule has 3 heteroatoms.